The van der Waals surface area contributed by atoms with E-state index in [1.165, 1.54) is 6.07 Å². The first-order chi connectivity index (χ1) is 5.41. The van der Waals surface area contributed by atoms with E-state index in [0.29, 0.717) is 0 Å². The largest absolute Gasteiger partial charge is 0.434 e. The highest BCUT2D eigenvalue weighted by Gasteiger charge is 2.34. The molecule has 0 fully saturated rings. The van der Waals surface area contributed by atoms with Gasteiger partial charge in [-0.2, -0.15) is 13.2 Å². The summed E-state index contributed by atoms with van der Waals surface area (Å²) in [7, 11) is 0. The Bertz CT molecular complexity index is 297. The third-order valence-corrected chi connectivity index (χ3v) is 1.52. The van der Waals surface area contributed by atoms with Gasteiger partial charge in [0.15, 0.2) is 5.69 Å². The van der Waals surface area contributed by atoms with E-state index in [4.69, 9.17) is 5.73 Å². The Morgan fingerprint density at radius 1 is 1.33 bits per heavy atom. The van der Waals surface area contributed by atoms with Gasteiger partial charge in [0.25, 0.3) is 0 Å². The standard InChI is InChI=1S/C6H5F3N2S/c7-6(8,9)5-3(12)1-2-4(10)11-5/h1-2,12H,(H2,10,11). The van der Waals surface area contributed by atoms with Gasteiger partial charge in [0.05, 0.1) is 0 Å². The smallest absolute Gasteiger partial charge is 0.384 e. The SMILES string of the molecule is Nc1ccc(S)c(C(F)(F)F)n1. The number of aromatic nitrogens is 1. The molecule has 0 amide bonds. The summed E-state index contributed by atoms with van der Waals surface area (Å²) >= 11 is 3.60. The van der Waals surface area contributed by atoms with Crippen molar-refractivity contribution in [3.05, 3.63) is 17.8 Å². The van der Waals surface area contributed by atoms with Crippen molar-refractivity contribution < 1.29 is 13.2 Å². The second-order valence-electron chi connectivity index (χ2n) is 2.10. The summed E-state index contributed by atoms with van der Waals surface area (Å²) in [6, 6.07) is 2.42. The molecule has 66 valence electrons. The molecule has 0 bridgehead atoms. The predicted octanol–water partition coefficient (Wildman–Crippen LogP) is 1.97. The van der Waals surface area contributed by atoms with Gasteiger partial charge in [-0.15, -0.1) is 12.6 Å². The molecule has 1 aromatic rings. The third-order valence-electron chi connectivity index (χ3n) is 1.16. The predicted molar refractivity (Wildman–Crippen MR) is 40.9 cm³/mol. The van der Waals surface area contributed by atoms with E-state index in [1.54, 1.807) is 0 Å². The quantitative estimate of drug-likeness (QED) is 0.620. The van der Waals surface area contributed by atoms with Crippen LogP contribution >= 0.6 is 12.6 Å². The molecule has 0 saturated heterocycles. The van der Waals surface area contributed by atoms with Crippen molar-refractivity contribution in [3.63, 3.8) is 0 Å². The van der Waals surface area contributed by atoms with Crippen LogP contribution in [0.3, 0.4) is 0 Å². The summed E-state index contributed by atoms with van der Waals surface area (Å²) in [5.74, 6) is -0.167. The fraction of sp³-hybridized carbons (Fsp3) is 0.167. The second kappa shape index (κ2) is 2.85. The van der Waals surface area contributed by atoms with E-state index in [1.807, 2.05) is 0 Å². The van der Waals surface area contributed by atoms with E-state index >= 15 is 0 Å². The molecule has 6 heteroatoms. The maximum absolute atomic E-state index is 12.1. The molecule has 0 spiro atoms. The van der Waals surface area contributed by atoms with Gasteiger partial charge in [0, 0.05) is 4.90 Å². The summed E-state index contributed by atoms with van der Waals surface area (Å²) in [6.45, 7) is 0. The van der Waals surface area contributed by atoms with Gasteiger partial charge < -0.3 is 5.73 Å². The van der Waals surface area contributed by atoms with Gasteiger partial charge in [-0.3, -0.25) is 0 Å². The highest BCUT2D eigenvalue weighted by Crippen LogP contribution is 2.32. The summed E-state index contributed by atoms with van der Waals surface area (Å²) in [4.78, 5) is 2.90. The zero-order chi connectivity index (χ0) is 9.35. The summed E-state index contributed by atoms with van der Waals surface area (Å²) in [6.07, 6.45) is -4.49. The maximum atomic E-state index is 12.1. The number of pyridine rings is 1. The van der Waals surface area contributed by atoms with Gasteiger partial charge in [0.2, 0.25) is 0 Å². The van der Waals surface area contributed by atoms with Crippen LogP contribution in [0.1, 0.15) is 5.69 Å². The van der Waals surface area contributed by atoms with E-state index in [2.05, 4.69) is 17.6 Å². The first kappa shape index (κ1) is 9.18. The Kier molecular flexibility index (Phi) is 2.18. The van der Waals surface area contributed by atoms with Crippen LogP contribution in [0.4, 0.5) is 19.0 Å². The second-order valence-corrected chi connectivity index (χ2v) is 2.58. The zero-order valence-corrected chi connectivity index (χ0v) is 6.65. The number of nitrogen functional groups attached to an aromatic ring is 1. The van der Waals surface area contributed by atoms with Crippen molar-refractivity contribution in [2.24, 2.45) is 0 Å². The van der Waals surface area contributed by atoms with Crippen LogP contribution in [0.25, 0.3) is 0 Å². The molecule has 0 atom stereocenters. The Hall–Kier alpha value is -0.910. The minimum Gasteiger partial charge on any atom is -0.384 e. The molecule has 2 N–H and O–H groups in total. The number of thiol groups is 1. The zero-order valence-electron chi connectivity index (χ0n) is 5.76. The molecule has 2 nitrogen and oxygen atoms in total. The van der Waals surface area contributed by atoms with Crippen LogP contribution in [0, 0.1) is 0 Å². The monoisotopic (exact) mass is 194 g/mol. The molecule has 0 aromatic carbocycles. The molecule has 0 aliphatic heterocycles. The average Bonchev–Trinajstić information content (AvgIpc) is 1.92. The molecule has 0 aliphatic rings. The lowest BCUT2D eigenvalue weighted by molar-refractivity contribution is -0.143. The molecule has 0 radical (unpaired) electrons. The van der Waals surface area contributed by atoms with Crippen LogP contribution in [0.5, 0.6) is 0 Å². The molecular formula is C6H5F3N2S. The van der Waals surface area contributed by atoms with Gasteiger partial charge in [-0.25, -0.2) is 4.98 Å². The minimum atomic E-state index is -4.49. The molecule has 1 heterocycles. The number of rotatable bonds is 0. The number of alkyl halides is 3. The molecule has 1 aromatic heterocycles. The highest BCUT2D eigenvalue weighted by atomic mass is 32.1. The minimum absolute atomic E-state index is 0.167. The van der Waals surface area contributed by atoms with Crippen LogP contribution in [0.15, 0.2) is 17.0 Å². The Labute approximate surface area is 72.0 Å². The summed E-state index contributed by atoms with van der Waals surface area (Å²) in [5.41, 5.74) is 4.03. The number of nitrogens with two attached hydrogens (primary N) is 1. The van der Waals surface area contributed by atoms with E-state index in [9.17, 15) is 13.2 Å². The van der Waals surface area contributed by atoms with Crippen molar-refractivity contribution in [2.75, 3.05) is 5.73 Å². The normalized spacial score (nSPS) is 11.7. The lowest BCUT2D eigenvalue weighted by Crippen LogP contribution is -2.10. The van der Waals surface area contributed by atoms with E-state index in [0.717, 1.165) is 6.07 Å². The van der Waals surface area contributed by atoms with Crippen molar-refractivity contribution in [1.82, 2.24) is 4.98 Å². The van der Waals surface area contributed by atoms with Crippen molar-refractivity contribution >= 4 is 18.4 Å². The lowest BCUT2D eigenvalue weighted by atomic mass is 10.3. The first-order valence-corrected chi connectivity index (χ1v) is 3.38. The van der Waals surface area contributed by atoms with Gasteiger partial charge in [-0.1, -0.05) is 0 Å². The van der Waals surface area contributed by atoms with Crippen LogP contribution in [0.2, 0.25) is 0 Å². The van der Waals surface area contributed by atoms with Gasteiger partial charge in [-0.05, 0) is 12.1 Å². The topological polar surface area (TPSA) is 38.9 Å². The molecule has 0 saturated carbocycles. The fourth-order valence-electron chi connectivity index (χ4n) is 0.675. The summed E-state index contributed by atoms with van der Waals surface area (Å²) < 4.78 is 36.2. The van der Waals surface area contributed by atoms with Gasteiger partial charge >= 0.3 is 6.18 Å². The highest BCUT2D eigenvalue weighted by molar-refractivity contribution is 7.80. The average molecular weight is 194 g/mol. The van der Waals surface area contributed by atoms with Crippen LogP contribution < -0.4 is 5.73 Å². The number of nitrogens with zero attached hydrogens (tertiary/aromatic N) is 1. The Morgan fingerprint density at radius 3 is 2.33 bits per heavy atom. The van der Waals surface area contributed by atoms with Gasteiger partial charge in [0.1, 0.15) is 5.82 Å². The number of hydrogen-bond acceptors (Lipinski definition) is 3. The van der Waals surface area contributed by atoms with Crippen LogP contribution in [-0.4, -0.2) is 4.98 Å². The van der Waals surface area contributed by atoms with E-state index < -0.39 is 11.9 Å². The Balaban J connectivity index is 3.23. The van der Waals surface area contributed by atoms with Crippen molar-refractivity contribution in [1.29, 1.82) is 0 Å². The van der Waals surface area contributed by atoms with E-state index in [-0.39, 0.29) is 10.7 Å². The molecule has 0 unspecified atom stereocenters. The Morgan fingerprint density at radius 2 is 1.92 bits per heavy atom. The number of halogens is 3. The van der Waals surface area contributed by atoms with Crippen molar-refractivity contribution in [3.8, 4) is 0 Å². The third kappa shape index (κ3) is 1.82. The molecule has 12 heavy (non-hydrogen) atoms. The first-order valence-electron chi connectivity index (χ1n) is 2.94. The van der Waals surface area contributed by atoms with Crippen molar-refractivity contribution in [2.45, 2.75) is 11.1 Å². The summed E-state index contributed by atoms with van der Waals surface area (Å²) in [5, 5.41) is 0. The number of anilines is 1. The molecule has 0 aliphatic carbocycles. The van der Waals surface area contributed by atoms with Crippen LogP contribution in [-0.2, 0) is 6.18 Å². The number of hydrogen-bond donors (Lipinski definition) is 2. The molecular weight excluding hydrogens is 189 g/mol. The molecule has 1 rings (SSSR count). The lowest BCUT2D eigenvalue weighted by Gasteiger charge is -2.07. The fourth-order valence-corrected chi connectivity index (χ4v) is 0.927. The maximum Gasteiger partial charge on any atom is 0.434 e.